The van der Waals surface area contributed by atoms with Gasteiger partial charge < -0.3 is 9.84 Å². The van der Waals surface area contributed by atoms with Crippen molar-refractivity contribution >= 4 is 11.6 Å². The molecule has 0 saturated carbocycles. The summed E-state index contributed by atoms with van der Waals surface area (Å²) in [5.41, 5.74) is 2.14. The SMILES string of the molecule is CCc1cc(Cl)c(OC)c(C(C)CO)c1. The lowest BCUT2D eigenvalue weighted by molar-refractivity contribution is 0.269. The Hall–Kier alpha value is -0.730. The van der Waals surface area contributed by atoms with Crippen LogP contribution in [0.25, 0.3) is 0 Å². The maximum absolute atomic E-state index is 9.16. The van der Waals surface area contributed by atoms with E-state index < -0.39 is 0 Å². The van der Waals surface area contributed by atoms with Crippen LogP contribution in [0, 0.1) is 0 Å². The zero-order chi connectivity index (χ0) is 11.4. The molecule has 0 aliphatic carbocycles. The molecule has 1 rings (SSSR count). The van der Waals surface area contributed by atoms with Crippen molar-refractivity contribution in [1.29, 1.82) is 0 Å². The van der Waals surface area contributed by atoms with Gasteiger partial charge in [0, 0.05) is 18.1 Å². The fraction of sp³-hybridized carbons (Fsp3) is 0.500. The first-order chi connectivity index (χ1) is 7.13. The number of aryl methyl sites for hydroxylation is 1. The van der Waals surface area contributed by atoms with Crippen LogP contribution in [-0.2, 0) is 6.42 Å². The molecule has 15 heavy (non-hydrogen) atoms. The first-order valence-electron chi connectivity index (χ1n) is 5.11. The summed E-state index contributed by atoms with van der Waals surface area (Å²) in [5, 5.41) is 9.78. The van der Waals surface area contributed by atoms with Crippen molar-refractivity contribution in [3.05, 3.63) is 28.3 Å². The quantitative estimate of drug-likeness (QED) is 0.859. The van der Waals surface area contributed by atoms with E-state index in [9.17, 15) is 0 Å². The van der Waals surface area contributed by atoms with Crippen LogP contribution in [0.5, 0.6) is 5.75 Å². The molecule has 1 aromatic rings. The Bertz CT molecular complexity index is 337. The van der Waals surface area contributed by atoms with Gasteiger partial charge in [0.1, 0.15) is 5.75 Å². The van der Waals surface area contributed by atoms with Crippen molar-refractivity contribution < 1.29 is 9.84 Å². The Labute approximate surface area is 95.8 Å². The van der Waals surface area contributed by atoms with E-state index in [1.807, 2.05) is 19.1 Å². The van der Waals surface area contributed by atoms with Crippen LogP contribution in [0.3, 0.4) is 0 Å². The minimum absolute atomic E-state index is 0.0453. The van der Waals surface area contributed by atoms with E-state index >= 15 is 0 Å². The minimum Gasteiger partial charge on any atom is -0.495 e. The van der Waals surface area contributed by atoms with Gasteiger partial charge in [-0.3, -0.25) is 0 Å². The lowest BCUT2D eigenvalue weighted by atomic mass is 9.97. The van der Waals surface area contributed by atoms with Gasteiger partial charge in [-0.15, -0.1) is 0 Å². The molecular formula is C12H17ClO2. The van der Waals surface area contributed by atoms with E-state index in [0.717, 1.165) is 17.5 Å². The molecule has 1 aromatic carbocycles. The number of hydrogen-bond acceptors (Lipinski definition) is 2. The molecule has 84 valence electrons. The second kappa shape index (κ2) is 5.38. The predicted octanol–water partition coefficient (Wildman–Crippen LogP) is 3.01. The summed E-state index contributed by atoms with van der Waals surface area (Å²) in [4.78, 5) is 0. The van der Waals surface area contributed by atoms with Crippen molar-refractivity contribution in [2.24, 2.45) is 0 Å². The van der Waals surface area contributed by atoms with Gasteiger partial charge in [0.05, 0.1) is 12.1 Å². The number of aliphatic hydroxyl groups excluding tert-OH is 1. The van der Waals surface area contributed by atoms with Crippen LogP contribution in [0.15, 0.2) is 12.1 Å². The summed E-state index contributed by atoms with van der Waals surface area (Å²) >= 11 is 6.11. The van der Waals surface area contributed by atoms with Crippen molar-refractivity contribution in [2.75, 3.05) is 13.7 Å². The number of hydrogen-bond donors (Lipinski definition) is 1. The van der Waals surface area contributed by atoms with Gasteiger partial charge in [-0.05, 0) is 18.1 Å². The average Bonchev–Trinajstić information content (AvgIpc) is 2.26. The summed E-state index contributed by atoms with van der Waals surface area (Å²) in [6.45, 7) is 4.12. The van der Waals surface area contributed by atoms with Crippen LogP contribution < -0.4 is 4.74 Å². The van der Waals surface area contributed by atoms with Gasteiger partial charge in [0.25, 0.3) is 0 Å². The van der Waals surface area contributed by atoms with Crippen molar-refractivity contribution in [1.82, 2.24) is 0 Å². The summed E-state index contributed by atoms with van der Waals surface area (Å²) in [6, 6.07) is 3.96. The zero-order valence-corrected chi connectivity index (χ0v) is 10.1. The standard InChI is InChI=1S/C12H17ClO2/c1-4-9-5-10(8(2)7-14)12(15-3)11(13)6-9/h5-6,8,14H,4,7H2,1-3H3. The van der Waals surface area contributed by atoms with E-state index in [-0.39, 0.29) is 12.5 Å². The lowest BCUT2D eigenvalue weighted by Crippen LogP contribution is -2.03. The molecule has 2 nitrogen and oxygen atoms in total. The molecular weight excluding hydrogens is 212 g/mol. The van der Waals surface area contributed by atoms with Gasteiger partial charge in [-0.2, -0.15) is 0 Å². The maximum Gasteiger partial charge on any atom is 0.141 e. The molecule has 0 aromatic heterocycles. The highest BCUT2D eigenvalue weighted by molar-refractivity contribution is 6.32. The smallest absolute Gasteiger partial charge is 0.141 e. The molecule has 0 fully saturated rings. The van der Waals surface area contributed by atoms with Crippen LogP contribution in [0.4, 0.5) is 0 Å². The van der Waals surface area contributed by atoms with Crippen molar-refractivity contribution in [3.63, 3.8) is 0 Å². The molecule has 0 saturated heterocycles. The summed E-state index contributed by atoms with van der Waals surface area (Å²) in [5.74, 6) is 0.722. The molecule has 1 atom stereocenters. The highest BCUT2D eigenvalue weighted by atomic mass is 35.5. The summed E-state index contributed by atoms with van der Waals surface area (Å²) < 4.78 is 5.26. The number of ether oxygens (including phenoxy) is 1. The maximum atomic E-state index is 9.16. The molecule has 0 bridgehead atoms. The minimum atomic E-state index is 0.0453. The van der Waals surface area contributed by atoms with Crippen LogP contribution >= 0.6 is 11.6 Å². The lowest BCUT2D eigenvalue weighted by Gasteiger charge is -2.16. The summed E-state index contributed by atoms with van der Waals surface area (Å²) in [6.07, 6.45) is 0.925. The van der Waals surface area contributed by atoms with Gasteiger partial charge in [-0.1, -0.05) is 31.5 Å². The normalized spacial score (nSPS) is 12.6. The monoisotopic (exact) mass is 228 g/mol. The predicted molar refractivity (Wildman–Crippen MR) is 62.9 cm³/mol. The van der Waals surface area contributed by atoms with Gasteiger partial charge >= 0.3 is 0 Å². The molecule has 3 heteroatoms. The fourth-order valence-corrected chi connectivity index (χ4v) is 1.88. The van der Waals surface area contributed by atoms with Crippen molar-refractivity contribution in [3.8, 4) is 5.75 Å². The molecule has 0 aliphatic heterocycles. The third kappa shape index (κ3) is 2.64. The van der Waals surface area contributed by atoms with Crippen LogP contribution in [0.1, 0.15) is 30.9 Å². The first kappa shape index (κ1) is 12.3. The average molecular weight is 229 g/mol. The fourth-order valence-electron chi connectivity index (χ4n) is 1.56. The van der Waals surface area contributed by atoms with E-state index in [1.165, 1.54) is 0 Å². The summed E-state index contributed by atoms with van der Waals surface area (Å²) in [7, 11) is 1.60. The van der Waals surface area contributed by atoms with E-state index in [0.29, 0.717) is 10.8 Å². The highest BCUT2D eigenvalue weighted by Gasteiger charge is 2.14. The zero-order valence-electron chi connectivity index (χ0n) is 9.38. The highest BCUT2D eigenvalue weighted by Crippen LogP contribution is 2.34. The molecule has 0 amide bonds. The van der Waals surface area contributed by atoms with Gasteiger partial charge in [0.15, 0.2) is 0 Å². The number of benzene rings is 1. The molecule has 0 radical (unpaired) electrons. The Morgan fingerprint density at radius 2 is 2.13 bits per heavy atom. The van der Waals surface area contributed by atoms with Crippen LogP contribution in [-0.4, -0.2) is 18.8 Å². The van der Waals surface area contributed by atoms with Gasteiger partial charge in [0.2, 0.25) is 0 Å². The van der Waals surface area contributed by atoms with Crippen LogP contribution in [0.2, 0.25) is 5.02 Å². The Balaban J connectivity index is 3.25. The van der Waals surface area contributed by atoms with E-state index in [1.54, 1.807) is 7.11 Å². The molecule has 1 unspecified atom stereocenters. The number of aliphatic hydroxyl groups is 1. The van der Waals surface area contributed by atoms with Gasteiger partial charge in [-0.25, -0.2) is 0 Å². The Kier molecular flexibility index (Phi) is 4.43. The van der Waals surface area contributed by atoms with E-state index in [4.69, 9.17) is 21.4 Å². The van der Waals surface area contributed by atoms with E-state index in [2.05, 4.69) is 6.92 Å². The second-order valence-electron chi connectivity index (χ2n) is 3.64. The molecule has 1 N–H and O–H groups in total. The molecule has 0 heterocycles. The topological polar surface area (TPSA) is 29.5 Å². The van der Waals surface area contributed by atoms with Crippen molar-refractivity contribution in [2.45, 2.75) is 26.2 Å². The third-order valence-corrected chi connectivity index (χ3v) is 2.83. The Morgan fingerprint density at radius 1 is 1.47 bits per heavy atom. The first-order valence-corrected chi connectivity index (χ1v) is 5.49. The number of halogens is 1. The Morgan fingerprint density at radius 3 is 2.60 bits per heavy atom. The number of methoxy groups -OCH3 is 1. The molecule has 0 aliphatic rings. The second-order valence-corrected chi connectivity index (χ2v) is 4.04. The molecule has 0 spiro atoms. The largest absolute Gasteiger partial charge is 0.495 e. The third-order valence-electron chi connectivity index (χ3n) is 2.55. The number of rotatable bonds is 4.